The van der Waals surface area contributed by atoms with E-state index in [0.717, 1.165) is 60.9 Å². The zero-order chi connectivity index (χ0) is 42.8. The Morgan fingerprint density at radius 3 is 2.35 bits per heavy atom. The lowest BCUT2D eigenvalue weighted by atomic mass is 9.94. The van der Waals surface area contributed by atoms with Crippen LogP contribution in [-0.2, 0) is 20.6 Å². The third-order valence-corrected chi connectivity index (χ3v) is 13.5. The minimum Gasteiger partial charge on any atom is -0.468 e. The average molecular weight is 845 g/mol. The molecule has 0 N–H and O–H groups in total. The Morgan fingerprint density at radius 2 is 1.68 bits per heavy atom. The van der Waals surface area contributed by atoms with Crippen molar-refractivity contribution in [1.29, 1.82) is 0 Å². The lowest BCUT2D eigenvalue weighted by Crippen LogP contribution is -2.57. The number of nitrogens with zero attached hydrogens (tertiary/aromatic N) is 6. The maximum Gasteiger partial charge on any atom is 0.410 e. The van der Waals surface area contributed by atoms with E-state index in [4.69, 9.17) is 38.6 Å². The van der Waals surface area contributed by atoms with Crippen molar-refractivity contribution in [3.05, 3.63) is 47.9 Å². The Hall–Kier alpha value is -4.76. The number of rotatable bonds is 13. The molecule has 4 aromatic rings. The summed E-state index contributed by atoms with van der Waals surface area (Å²) in [5, 5.41) is 2.25. The molecule has 0 aliphatic carbocycles. The molecule has 7 rings (SSSR count). The fourth-order valence-electron chi connectivity index (χ4n) is 8.63. The molecule has 3 saturated heterocycles. The number of methoxy groups -OCH3 is 1. The normalized spacial score (nSPS) is 18.6. The number of likely N-dealkylation sites (tertiary alicyclic amines) is 1. The molecule has 15 heteroatoms. The van der Waals surface area contributed by atoms with Crippen molar-refractivity contribution >= 4 is 47.8 Å². The van der Waals surface area contributed by atoms with Gasteiger partial charge in [0.15, 0.2) is 12.6 Å². The van der Waals surface area contributed by atoms with Crippen LogP contribution in [0.25, 0.3) is 32.9 Å². The van der Waals surface area contributed by atoms with Crippen molar-refractivity contribution in [2.24, 2.45) is 5.92 Å². The molecule has 2 aromatic heterocycles. The maximum atomic E-state index is 17.4. The van der Waals surface area contributed by atoms with Crippen LogP contribution in [0, 0.1) is 11.7 Å². The van der Waals surface area contributed by atoms with Crippen molar-refractivity contribution in [2.75, 3.05) is 58.2 Å². The maximum absolute atomic E-state index is 17.4. The first-order valence-electron chi connectivity index (χ1n) is 21.5. The summed E-state index contributed by atoms with van der Waals surface area (Å²) in [7, 11) is 0.265. The number of aryl methyl sites for hydroxylation is 1. The van der Waals surface area contributed by atoms with E-state index in [9.17, 15) is 9.59 Å². The number of piperidine rings is 1. The van der Waals surface area contributed by atoms with E-state index in [1.165, 1.54) is 0 Å². The summed E-state index contributed by atoms with van der Waals surface area (Å²) in [5.41, 5.74) is 1.28. The quantitative estimate of drug-likeness (QED) is 0.0945. The van der Waals surface area contributed by atoms with E-state index < -0.39 is 19.5 Å². The highest BCUT2D eigenvalue weighted by Crippen LogP contribution is 2.40. The number of carbonyl (C=O) groups excluding carboxylic acids is 2. The molecule has 3 fully saturated rings. The predicted octanol–water partition coefficient (Wildman–Crippen LogP) is 9.07. The highest BCUT2D eigenvalue weighted by atomic mass is 28.3. The first-order chi connectivity index (χ1) is 28.6. The van der Waals surface area contributed by atoms with Crippen LogP contribution in [0.2, 0.25) is 25.7 Å². The number of hydrogen-bond acceptors (Lipinski definition) is 11. The Balaban J connectivity index is 1.17. The average Bonchev–Trinajstić information content (AvgIpc) is 3.47. The van der Waals surface area contributed by atoms with Gasteiger partial charge in [-0.3, -0.25) is 9.88 Å². The summed E-state index contributed by atoms with van der Waals surface area (Å²) in [6, 6.07) is 10.6. The largest absolute Gasteiger partial charge is 0.468 e. The Labute approximate surface area is 353 Å². The van der Waals surface area contributed by atoms with E-state index in [1.807, 2.05) is 56.0 Å². The molecule has 2 unspecified atom stereocenters. The molecule has 3 aliphatic rings. The van der Waals surface area contributed by atoms with E-state index in [2.05, 4.69) is 31.5 Å². The smallest absolute Gasteiger partial charge is 0.410 e. The zero-order valence-electron chi connectivity index (χ0n) is 36.5. The molecule has 2 bridgehead atoms. The van der Waals surface area contributed by atoms with Crippen molar-refractivity contribution in [1.82, 2.24) is 24.8 Å². The molecule has 2 aromatic carbocycles. The summed E-state index contributed by atoms with van der Waals surface area (Å²) in [4.78, 5) is 46.3. The van der Waals surface area contributed by atoms with Crippen LogP contribution in [0.5, 0.6) is 11.8 Å². The van der Waals surface area contributed by atoms with E-state index >= 15 is 4.39 Å². The number of halogens is 1. The number of piperazine rings is 1. The van der Waals surface area contributed by atoms with Crippen molar-refractivity contribution in [2.45, 2.75) is 110 Å². The summed E-state index contributed by atoms with van der Waals surface area (Å²) >= 11 is 0. The number of anilines is 1. The van der Waals surface area contributed by atoms with Crippen LogP contribution in [0.15, 0.2) is 36.5 Å². The molecular weight excluding hydrogens is 784 g/mol. The lowest BCUT2D eigenvalue weighted by Gasteiger charge is -2.42. The van der Waals surface area contributed by atoms with Crippen molar-refractivity contribution in [3.63, 3.8) is 0 Å². The molecule has 2 atom stereocenters. The summed E-state index contributed by atoms with van der Waals surface area (Å²) in [6.07, 6.45) is 5.91. The molecule has 60 heavy (non-hydrogen) atoms. The molecule has 3 aliphatic heterocycles. The van der Waals surface area contributed by atoms with Crippen LogP contribution in [0.1, 0.15) is 65.4 Å². The van der Waals surface area contributed by atoms with Crippen molar-refractivity contribution in [3.8, 4) is 23.0 Å². The van der Waals surface area contributed by atoms with Crippen LogP contribution < -0.4 is 14.4 Å². The standard InChI is InChI=1S/C45H61FN6O7Si/c1-9-30-11-10-12-31-23-34(58-28-55-5)24-35(37(30)31)39-38(46)40-36(25-47-39)41(51-26-32-13-14-33(27-51)52(32)44(54)59-45(2,3)4)49-42(48-40)56-20-17-29-15-18-50(19-16-29)43(53)57-21-22-60(6,7)8/h10-12,23-25,29,32-33H,9,13-22,26-28H2,1-8H3. The van der Waals surface area contributed by atoms with E-state index in [-0.39, 0.29) is 48.3 Å². The SMILES string of the molecule is CCc1cccc2cc(OCOC)cc(-c3ncc4c(N5CC6CCC(C5)N6C(=O)OC(C)(C)C)nc(OCCC5CCN(C(=O)OCC[Si](C)(C)C)CC5)nc4c3F)c12. The van der Waals surface area contributed by atoms with Gasteiger partial charge < -0.3 is 33.5 Å². The van der Waals surface area contributed by atoms with Gasteiger partial charge in [-0.1, -0.05) is 44.8 Å². The molecule has 13 nitrogen and oxygen atoms in total. The molecule has 324 valence electrons. The van der Waals surface area contributed by atoms with Gasteiger partial charge in [-0.2, -0.15) is 9.97 Å². The second-order valence-corrected chi connectivity index (χ2v) is 24.2. The number of carbonyl (C=O) groups is 2. The van der Waals surface area contributed by atoms with Gasteiger partial charge in [-0.15, -0.1) is 0 Å². The molecule has 0 radical (unpaired) electrons. The van der Waals surface area contributed by atoms with Crippen LogP contribution in [0.4, 0.5) is 19.8 Å². The van der Waals surface area contributed by atoms with Gasteiger partial charge >= 0.3 is 18.2 Å². The zero-order valence-corrected chi connectivity index (χ0v) is 37.5. The number of ether oxygens (including phenoxy) is 5. The monoisotopic (exact) mass is 844 g/mol. The number of fused-ring (bicyclic) bond motifs is 4. The Bertz CT molecular complexity index is 2170. The minimum absolute atomic E-state index is 0.0387. The highest BCUT2D eigenvalue weighted by molar-refractivity contribution is 6.76. The molecule has 0 saturated carbocycles. The predicted molar refractivity (Wildman–Crippen MR) is 233 cm³/mol. The first kappa shape index (κ1) is 43.3. The highest BCUT2D eigenvalue weighted by Gasteiger charge is 2.45. The van der Waals surface area contributed by atoms with E-state index in [0.29, 0.717) is 67.8 Å². The number of benzene rings is 2. The summed E-state index contributed by atoms with van der Waals surface area (Å²) in [6.45, 7) is 17.6. The number of pyridine rings is 1. The van der Waals surface area contributed by atoms with Gasteiger partial charge in [-0.25, -0.2) is 14.0 Å². The molecule has 5 heterocycles. The third kappa shape index (κ3) is 9.88. The second-order valence-electron chi connectivity index (χ2n) is 18.6. The lowest BCUT2D eigenvalue weighted by molar-refractivity contribution is 0.0122. The summed E-state index contributed by atoms with van der Waals surface area (Å²) in [5.74, 6) is 0.806. The van der Waals surface area contributed by atoms with Crippen LogP contribution in [-0.4, -0.2) is 116 Å². The third-order valence-electron chi connectivity index (χ3n) is 11.8. The van der Waals surface area contributed by atoms with Crippen molar-refractivity contribution < 1.29 is 37.7 Å². The van der Waals surface area contributed by atoms with Crippen LogP contribution in [0.3, 0.4) is 0 Å². The Kier molecular flexibility index (Phi) is 13.0. The molecular formula is C45H61FN6O7Si. The number of aromatic nitrogens is 3. The fraction of sp³-hybridized carbons (Fsp3) is 0.578. The fourth-order valence-corrected chi connectivity index (χ4v) is 9.34. The minimum atomic E-state index is -1.29. The van der Waals surface area contributed by atoms with Gasteiger partial charge in [0.1, 0.15) is 28.4 Å². The van der Waals surface area contributed by atoms with Gasteiger partial charge in [-0.05, 0) is 99.7 Å². The van der Waals surface area contributed by atoms with E-state index in [1.54, 1.807) is 18.2 Å². The molecule has 0 spiro atoms. The first-order valence-corrected chi connectivity index (χ1v) is 25.2. The van der Waals surface area contributed by atoms with Gasteiger partial charge in [0.2, 0.25) is 0 Å². The van der Waals surface area contributed by atoms with Crippen LogP contribution >= 0.6 is 0 Å². The second kappa shape index (κ2) is 18.1. The summed E-state index contributed by atoms with van der Waals surface area (Å²) < 4.78 is 46.1. The van der Waals surface area contributed by atoms with Gasteiger partial charge in [0, 0.05) is 53.1 Å². The number of amides is 2. The number of hydrogen-bond donors (Lipinski definition) is 0. The molecule has 2 amide bonds. The topological polar surface area (TPSA) is 129 Å². The van der Waals surface area contributed by atoms with Gasteiger partial charge in [0.25, 0.3) is 0 Å². The van der Waals surface area contributed by atoms with Gasteiger partial charge in [0.05, 0.1) is 30.7 Å². The Morgan fingerprint density at radius 1 is 0.950 bits per heavy atom.